The molecule has 0 radical (unpaired) electrons. The molecule has 3 N–H and O–H groups in total. The highest BCUT2D eigenvalue weighted by molar-refractivity contribution is 5.79. The molecule has 4 fully saturated rings. The molecular formula is C25H41NO3. The molecule has 29 heavy (non-hydrogen) atoms. The van der Waals surface area contributed by atoms with E-state index in [-0.39, 0.29) is 17.4 Å². The predicted molar refractivity (Wildman–Crippen MR) is 114 cm³/mol. The molecule has 0 aromatic carbocycles. The van der Waals surface area contributed by atoms with Crippen LogP contribution < -0.4 is 5.73 Å². The third-order valence-corrected chi connectivity index (χ3v) is 10.1. The van der Waals surface area contributed by atoms with Crippen LogP contribution >= 0.6 is 0 Å². The molecular weight excluding hydrogens is 362 g/mol. The number of hydrogen-bond donors (Lipinski definition) is 2. The molecule has 4 heteroatoms. The lowest BCUT2D eigenvalue weighted by molar-refractivity contribution is -0.156. The Kier molecular flexibility index (Phi) is 5.87. The van der Waals surface area contributed by atoms with E-state index in [1.807, 2.05) is 0 Å². The van der Waals surface area contributed by atoms with Crippen LogP contribution in [0.2, 0.25) is 0 Å². The Hall–Kier alpha value is -0.900. The number of Topliss-reactive ketones (excluding diaryl/α,β-unsaturated/α-hetero) is 1. The lowest BCUT2D eigenvalue weighted by Gasteiger charge is -2.62. The highest BCUT2D eigenvalue weighted by Crippen LogP contribution is 2.67. The van der Waals surface area contributed by atoms with E-state index in [9.17, 15) is 14.7 Å². The smallest absolute Gasteiger partial charge is 0.217 e. The zero-order valence-electron chi connectivity index (χ0n) is 18.5. The van der Waals surface area contributed by atoms with Crippen molar-refractivity contribution in [1.29, 1.82) is 0 Å². The summed E-state index contributed by atoms with van der Waals surface area (Å²) in [7, 11) is 0. The topological polar surface area (TPSA) is 80.4 Å². The molecule has 0 aliphatic heterocycles. The number of nitrogens with two attached hydrogens (primary N) is 1. The van der Waals surface area contributed by atoms with Crippen molar-refractivity contribution in [2.75, 3.05) is 0 Å². The Balaban J connectivity index is 1.54. The van der Waals surface area contributed by atoms with Gasteiger partial charge in [-0.1, -0.05) is 33.1 Å². The van der Waals surface area contributed by atoms with Crippen LogP contribution in [0.1, 0.15) is 97.3 Å². The first-order valence-corrected chi connectivity index (χ1v) is 12.2. The van der Waals surface area contributed by atoms with Crippen LogP contribution in [0.15, 0.2) is 0 Å². The third-order valence-electron chi connectivity index (χ3n) is 10.1. The van der Waals surface area contributed by atoms with Crippen molar-refractivity contribution in [2.45, 2.75) is 103 Å². The van der Waals surface area contributed by atoms with E-state index >= 15 is 0 Å². The van der Waals surface area contributed by atoms with Gasteiger partial charge in [0.15, 0.2) is 0 Å². The molecule has 4 rings (SSSR count). The minimum absolute atomic E-state index is 0.0963. The van der Waals surface area contributed by atoms with E-state index in [1.165, 1.54) is 25.7 Å². The highest BCUT2D eigenvalue weighted by atomic mass is 16.3. The second kappa shape index (κ2) is 7.98. The molecule has 0 aromatic rings. The van der Waals surface area contributed by atoms with Crippen molar-refractivity contribution in [3.63, 3.8) is 0 Å². The molecule has 4 nitrogen and oxygen atoms in total. The average Bonchev–Trinajstić information content (AvgIpc) is 2.97. The lowest BCUT2D eigenvalue weighted by Crippen LogP contribution is -2.57. The van der Waals surface area contributed by atoms with Gasteiger partial charge in [-0.25, -0.2) is 0 Å². The zero-order chi connectivity index (χ0) is 20.8. The van der Waals surface area contributed by atoms with Crippen LogP contribution in [0, 0.1) is 40.4 Å². The standard InChI is InChI=1S/C25H41NO3/c1-24-12-10-18(27)15-17(24)14-16(6-4-3-5-7-22(26)29)23-19-8-9-21(28)25(19,2)13-11-20(23)24/h16-17,19-21,23,28H,3-15H2,1-2H3,(H2,26,29)/t16-,17+,19+,20+,21+,23+,24+,25+/m1/s1. The van der Waals surface area contributed by atoms with Crippen LogP contribution in [0.3, 0.4) is 0 Å². The Morgan fingerprint density at radius 2 is 1.83 bits per heavy atom. The van der Waals surface area contributed by atoms with Gasteiger partial charge in [0.05, 0.1) is 6.10 Å². The minimum atomic E-state index is -0.192. The second-order valence-corrected chi connectivity index (χ2v) is 11.4. The van der Waals surface area contributed by atoms with Crippen molar-refractivity contribution in [3.8, 4) is 0 Å². The van der Waals surface area contributed by atoms with Gasteiger partial charge < -0.3 is 10.8 Å². The number of aliphatic hydroxyl groups excluding tert-OH is 1. The first-order valence-electron chi connectivity index (χ1n) is 12.2. The molecule has 164 valence electrons. The maximum Gasteiger partial charge on any atom is 0.217 e. The fourth-order valence-corrected chi connectivity index (χ4v) is 8.37. The summed E-state index contributed by atoms with van der Waals surface area (Å²) in [4.78, 5) is 23.3. The fraction of sp³-hybridized carbons (Fsp3) is 0.920. The number of ketones is 1. The van der Waals surface area contributed by atoms with Gasteiger partial charge in [-0.05, 0) is 85.4 Å². The Morgan fingerprint density at radius 1 is 1.07 bits per heavy atom. The second-order valence-electron chi connectivity index (χ2n) is 11.4. The molecule has 4 aliphatic rings. The monoisotopic (exact) mass is 403 g/mol. The zero-order valence-corrected chi connectivity index (χ0v) is 18.5. The van der Waals surface area contributed by atoms with E-state index in [1.54, 1.807) is 0 Å². The number of primary amides is 1. The number of fused-ring (bicyclic) bond motifs is 5. The molecule has 0 aromatic heterocycles. The fourth-order valence-electron chi connectivity index (χ4n) is 8.37. The van der Waals surface area contributed by atoms with Gasteiger partial charge in [-0.15, -0.1) is 0 Å². The number of carbonyl (C=O) groups excluding carboxylic acids is 2. The van der Waals surface area contributed by atoms with E-state index in [0.717, 1.165) is 51.4 Å². The molecule has 4 saturated carbocycles. The average molecular weight is 404 g/mol. The Labute approximate surface area is 176 Å². The summed E-state index contributed by atoms with van der Waals surface area (Å²) in [5, 5.41) is 10.8. The Bertz CT molecular complexity index is 648. The van der Waals surface area contributed by atoms with Crippen LogP contribution in [-0.4, -0.2) is 22.9 Å². The molecule has 8 atom stereocenters. The van der Waals surface area contributed by atoms with Gasteiger partial charge in [0.2, 0.25) is 5.91 Å². The van der Waals surface area contributed by atoms with E-state index in [0.29, 0.717) is 47.2 Å². The van der Waals surface area contributed by atoms with Crippen molar-refractivity contribution in [3.05, 3.63) is 0 Å². The molecule has 0 spiro atoms. The first kappa shape index (κ1) is 21.3. The maximum atomic E-state index is 12.3. The minimum Gasteiger partial charge on any atom is -0.393 e. The number of hydrogen-bond acceptors (Lipinski definition) is 3. The van der Waals surface area contributed by atoms with Gasteiger partial charge in [0.25, 0.3) is 0 Å². The molecule has 4 aliphatic carbocycles. The summed E-state index contributed by atoms with van der Waals surface area (Å²) in [5.41, 5.74) is 5.71. The van der Waals surface area contributed by atoms with Crippen LogP contribution in [-0.2, 0) is 9.59 Å². The van der Waals surface area contributed by atoms with Gasteiger partial charge in [-0.2, -0.15) is 0 Å². The summed E-state index contributed by atoms with van der Waals surface area (Å²) < 4.78 is 0. The quantitative estimate of drug-likeness (QED) is 0.635. The van der Waals surface area contributed by atoms with Crippen LogP contribution in [0.4, 0.5) is 0 Å². The van der Waals surface area contributed by atoms with Crippen molar-refractivity contribution >= 4 is 11.7 Å². The summed E-state index contributed by atoms with van der Waals surface area (Å²) in [6.45, 7) is 4.85. The normalized spacial score (nSPS) is 46.7. The van der Waals surface area contributed by atoms with Gasteiger partial charge in [0, 0.05) is 19.3 Å². The number of rotatable bonds is 6. The van der Waals surface area contributed by atoms with Crippen molar-refractivity contribution < 1.29 is 14.7 Å². The molecule has 1 amide bonds. The highest BCUT2D eigenvalue weighted by Gasteiger charge is 2.62. The van der Waals surface area contributed by atoms with Crippen molar-refractivity contribution in [1.82, 2.24) is 0 Å². The maximum absolute atomic E-state index is 12.3. The molecule has 0 unspecified atom stereocenters. The largest absolute Gasteiger partial charge is 0.393 e. The van der Waals surface area contributed by atoms with Gasteiger partial charge in [0.1, 0.15) is 5.78 Å². The number of unbranched alkanes of at least 4 members (excludes halogenated alkanes) is 2. The predicted octanol–water partition coefficient (Wildman–Crippen LogP) is 4.62. The lowest BCUT2D eigenvalue weighted by atomic mass is 9.42. The number of amides is 1. The van der Waals surface area contributed by atoms with Gasteiger partial charge in [-0.3, -0.25) is 9.59 Å². The van der Waals surface area contributed by atoms with Crippen LogP contribution in [0.25, 0.3) is 0 Å². The molecule has 0 bridgehead atoms. The van der Waals surface area contributed by atoms with Gasteiger partial charge >= 0.3 is 0 Å². The number of carbonyl (C=O) groups is 2. The number of aliphatic hydroxyl groups is 1. The van der Waals surface area contributed by atoms with E-state index in [2.05, 4.69) is 13.8 Å². The molecule has 0 heterocycles. The summed E-state index contributed by atoms with van der Waals surface area (Å²) in [5.74, 6) is 3.57. The van der Waals surface area contributed by atoms with E-state index in [4.69, 9.17) is 5.73 Å². The summed E-state index contributed by atoms with van der Waals surface area (Å²) >= 11 is 0. The summed E-state index contributed by atoms with van der Waals surface area (Å²) in [6.07, 6.45) is 13.1. The first-order chi connectivity index (χ1) is 13.8. The summed E-state index contributed by atoms with van der Waals surface area (Å²) in [6, 6.07) is 0. The third kappa shape index (κ3) is 3.68. The Morgan fingerprint density at radius 3 is 2.59 bits per heavy atom. The van der Waals surface area contributed by atoms with Crippen LogP contribution in [0.5, 0.6) is 0 Å². The van der Waals surface area contributed by atoms with Crippen molar-refractivity contribution in [2.24, 2.45) is 46.2 Å². The SMILES string of the molecule is C[C@]12CCC(=O)C[C@@H]1C[C@@H](CCCCCC(N)=O)[C@@H]1[C@@H]2CC[C@]2(C)[C@@H](O)CC[C@@H]12. The van der Waals surface area contributed by atoms with E-state index < -0.39 is 0 Å². The molecule has 0 saturated heterocycles.